The number of rotatable bonds is 10. The molecule has 0 bridgehead atoms. The van der Waals surface area contributed by atoms with Crippen LogP contribution < -0.4 is 24.0 Å². The van der Waals surface area contributed by atoms with Crippen LogP contribution in [-0.2, 0) is 19.3 Å². The molecule has 10 nitrogen and oxygen atoms in total. The van der Waals surface area contributed by atoms with E-state index in [2.05, 4.69) is 34.0 Å². The van der Waals surface area contributed by atoms with Gasteiger partial charge in [0.05, 0.1) is 5.56 Å². The quantitative estimate of drug-likeness (QED) is 0.140. The van der Waals surface area contributed by atoms with Crippen molar-refractivity contribution < 1.29 is 32.3 Å². The van der Waals surface area contributed by atoms with Crippen molar-refractivity contribution in [2.45, 2.75) is 50.7 Å². The van der Waals surface area contributed by atoms with E-state index in [1.165, 1.54) is 18.3 Å². The lowest BCUT2D eigenvalue weighted by Gasteiger charge is -2.39. The Balaban J connectivity index is 0.937. The molecule has 1 saturated heterocycles. The van der Waals surface area contributed by atoms with Crippen molar-refractivity contribution in [3.8, 4) is 17.5 Å². The van der Waals surface area contributed by atoms with Gasteiger partial charge in [0.1, 0.15) is 37.0 Å². The predicted octanol–water partition coefficient (Wildman–Crippen LogP) is 6.72. The van der Waals surface area contributed by atoms with Crippen molar-refractivity contribution in [1.29, 1.82) is 0 Å². The van der Waals surface area contributed by atoms with E-state index in [9.17, 15) is 23.3 Å². The molecule has 2 aliphatic rings. The summed E-state index contributed by atoms with van der Waals surface area (Å²) in [5, 5.41) is 11.0. The summed E-state index contributed by atoms with van der Waals surface area (Å²) in [7, 11) is 2.09. The monoisotopic (exact) mass is 637 g/mol. The third kappa shape index (κ3) is 7.30. The van der Waals surface area contributed by atoms with Gasteiger partial charge in [-0.3, -0.25) is 4.57 Å². The molecule has 6 rings (SSSR count). The second-order valence-electron chi connectivity index (χ2n) is 11.5. The highest BCUT2D eigenvalue weighted by atomic mass is 19.4. The summed E-state index contributed by atoms with van der Waals surface area (Å²) >= 11 is 0. The minimum absolute atomic E-state index is 0.190. The SMILES string of the molecule is CN(c1ccc(OCc2ccc(C(F)(F)F)cc2)cc1)C1CCN(c2ccc(OCC3CCn4cc([N+](=O)[O-])nc4O3)cc2)CC1. The molecule has 242 valence electrons. The van der Waals surface area contributed by atoms with Gasteiger partial charge in [0.25, 0.3) is 0 Å². The molecule has 13 heteroatoms. The molecule has 0 N–H and O–H groups in total. The van der Waals surface area contributed by atoms with E-state index >= 15 is 0 Å². The van der Waals surface area contributed by atoms with Crippen LogP contribution in [0.15, 0.2) is 79.0 Å². The number of hydrogen-bond donors (Lipinski definition) is 0. The maximum absolute atomic E-state index is 12.8. The highest BCUT2D eigenvalue weighted by Gasteiger charge is 2.30. The van der Waals surface area contributed by atoms with Gasteiger partial charge in [-0.05, 0) is 84.0 Å². The minimum atomic E-state index is -4.35. The number of fused-ring (bicyclic) bond motifs is 1. The third-order valence-electron chi connectivity index (χ3n) is 8.46. The average Bonchev–Trinajstić information content (AvgIpc) is 3.51. The minimum Gasteiger partial charge on any atom is -0.490 e. The number of alkyl halides is 3. The third-order valence-corrected chi connectivity index (χ3v) is 8.46. The van der Waals surface area contributed by atoms with E-state index in [0.717, 1.165) is 55.2 Å². The zero-order valence-corrected chi connectivity index (χ0v) is 25.2. The fraction of sp³-hybridized carbons (Fsp3) is 0.364. The number of nitro groups is 1. The first-order valence-corrected chi connectivity index (χ1v) is 15.1. The summed E-state index contributed by atoms with van der Waals surface area (Å²) in [6.45, 7) is 2.93. The lowest BCUT2D eigenvalue weighted by Crippen LogP contribution is -2.43. The van der Waals surface area contributed by atoms with E-state index in [1.54, 1.807) is 4.57 Å². The largest absolute Gasteiger partial charge is 0.490 e. The van der Waals surface area contributed by atoms with Gasteiger partial charge in [0, 0.05) is 55.5 Å². The second kappa shape index (κ2) is 13.2. The van der Waals surface area contributed by atoms with Crippen molar-refractivity contribution in [1.82, 2.24) is 9.55 Å². The summed E-state index contributed by atoms with van der Waals surface area (Å²) in [5.41, 5.74) is 2.20. The normalized spacial score (nSPS) is 16.8. The van der Waals surface area contributed by atoms with Crippen LogP contribution in [0, 0.1) is 10.1 Å². The Bertz CT molecular complexity index is 1620. The molecule has 0 amide bonds. The number of piperidine rings is 1. The summed E-state index contributed by atoms with van der Waals surface area (Å²) in [6, 6.07) is 21.4. The standard InChI is InChI=1S/C33H34F3N5O5/c1-38(25-6-10-28(11-7-25)44-21-23-2-4-24(5-3-23)33(34,35)36)26-14-17-39(18-15-26)27-8-12-29(13-9-27)45-22-30-16-19-40-20-31(41(42)43)37-32(40)46-30/h2-13,20,26,30H,14-19,21-22H2,1H3. The zero-order valence-electron chi connectivity index (χ0n) is 25.2. The van der Waals surface area contributed by atoms with Crippen molar-refractivity contribution in [2.24, 2.45) is 0 Å². The molecule has 3 aromatic carbocycles. The molecule has 0 spiro atoms. The van der Waals surface area contributed by atoms with Crippen LogP contribution in [0.2, 0.25) is 0 Å². The molecule has 0 radical (unpaired) electrons. The lowest BCUT2D eigenvalue weighted by atomic mass is 10.0. The molecule has 46 heavy (non-hydrogen) atoms. The van der Waals surface area contributed by atoms with Crippen LogP contribution in [0.25, 0.3) is 0 Å². The van der Waals surface area contributed by atoms with Gasteiger partial charge in [-0.15, -0.1) is 0 Å². The van der Waals surface area contributed by atoms with E-state index in [4.69, 9.17) is 14.2 Å². The van der Waals surface area contributed by atoms with Crippen LogP contribution in [0.5, 0.6) is 17.5 Å². The smallest absolute Gasteiger partial charge is 0.416 e. The number of imidazole rings is 1. The van der Waals surface area contributed by atoms with Gasteiger partial charge >= 0.3 is 18.0 Å². The number of ether oxygens (including phenoxy) is 3. The Morgan fingerprint density at radius 2 is 1.59 bits per heavy atom. The summed E-state index contributed by atoms with van der Waals surface area (Å²) in [4.78, 5) is 19.0. The summed E-state index contributed by atoms with van der Waals surface area (Å²) < 4.78 is 57.5. The molecule has 1 unspecified atom stereocenters. The first-order chi connectivity index (χ1) is 22.1. The lowest BCUT2D eigenvalue weighted by molar-refractivity contribution is -0.389. The van der Waals surface area contributed by atoms with Crippen molar-refractivity contribution >= 4 is 17.2 Å². The number of anilines is 2. The van der Waals surface area contributed by atoms with Crippen molar-refractivity contribution in [3.63, 3.8) is 0 Å². The number of aromatic nitrogens is 2. The van der Waals surface area contributed by atoms with Crippen molar-refractivity contribution in [2.75, 3.05) is 36.5 Å². The number of aryl methyl sites for hydroxylation is 1. The van der Waals surface area contributed by atoms with Crippen LogP contribution >= 0.6 is 0 Å². The molecule has 0 saturated carbocycles. The van der Waals surface area contributed by atoms with Crippen LogP contribution in [-0.4, -0.2) is 53.4 Å². The topological polar surface area (TPSA) is 95.1 Å². The van der Waals surface area contributed by atoms with Gasteiger partial charge in [-0.25, -0.2) is 0 Å². The fourth-order valence-electron chi connectivity index (χ4n) is 5.73. The molecule has 2 aliphatic heterocycles. The number of benzene rings is 3. The van der Waals surface area contributed by atoms with Gasteiger partial charge < -0.3 is 34.1 Å². The molecule has 0 aliphatic carbocycles. The van der Waals surface area contributed by atoms with Gasteiger partial charge in [-0.2, -0.15) is 13.2 Å². The zero-order chi connectivity index (χ0) is 32.3. The Morgan fingerprint density at radius 3 is 2.24 bits per heavy atom. The molecule has 1 atom stereocenters. The van der Waals surface area contributed by atoms with Crippen LogP contribution in [0.4, 0.5) is 30.4 Å². The maximum Gasteiger partial charge on any atom is 0.416 e. The highest BCUT2D eigenvalue weighted by molar-refractivity contribution is 5.52. The molecule has 4 aromatic rings. The molecule has 1 fully saturated rings. The van der Waals surface area contributed by atoms with Crippen LogP contribution in [0.1, 0.15) is 30.4 Å². The highest BCUT2D eigenvalue weighted by Crippen LogP contribution is 2.31. The van der Waals surface area contributed by atoms with E-state index in [0.29, 0.717) is 36.9 Å². The van der Waals surface area contributed by atoms with Gasteiger partial charge in [0.2, 0.25) is 0 Å². The average molecular weight is 638 g/mol. The van der Waals surface area contributed by atoms with E-state index < -0.39 is 16.7 Å². The maximum atomic E-state index is 12.8. The summed E-state index contributed by atoms with van der Waals surface area (Å²) in [6.07, 6.45) is -0.537. The van der Waals surface area contributed by atoms with Gasteiger partial charge in [-0.1, -0.05) is 12.1 Å². The molecular formula is C33H34F3N5O5. The number of nitrogens with zero attached hydrogens (tertiary/aromatic N) is 5. The fourth-order valence-corrected chi connectivity index (χ4v) is 5.73. The Morgan fingerprint density at radius 1 is 0.935 bits per heavy atom. The number of halogens is 3. The molecule has 1 aromatic heterocycles. The van der Waals surface area contributed by atoms with Crippen LogP contribution in [0.3, 0.4) is 0 Å². The Hall–Kier alpha value is -4.94. The van der Waals surface area contributed by atoms with Gasteiger partial charge in [0.15, 0.2) is 0 Å². The van der Waals surface area contributed by atoms with E-state index in [1.807, 2.05) is 36.4 Å². The van der Waals surface area contributed by atoms with Crippen molar-refractivity contribution in [3.05, 3.63) is 100 Å². The Labute approximate surface area is 264 Å². The first-order valence-electron chi connectivity index (χ1n) is 15.1. The number of hydrogen-bond acceptors (Lipinski definition) is 8. The Kier molecular flexibility index (Phi) is 8.91. The molecular weight excluding hydrogens is 603 g/mol. The van der Waals surface area contributed by atoms with E-state index in [-0.39, 0.29) is 24.5 Å². The second-order valence-corrected chi connectivity index (χ2v) is 11.5. The predicted molar refractivity (Wildman–Crippen MR) is 166 cm³/mol. The molecule has 3 heterocycles. The first kappa shape index (κ1) is 31.1. The summed E-state index contributed by atoms with van der Waals surface area (Å²) in [5.74, 6) is 1.17.